The van der Waals surface area contributed by atoms with Crippen molar-refractivity contribution < 1.29 is 23.1 Å². The van der Waals surface area contributed by atoms with Gasteiger partial charge < -0.3 is 15.3 Å². The fraction of sp³-hybridized carbons (Fsp3) is 0.533. The number of hydrogen-bond acceptors (Lipinski definition) is 3. The second kappa shape index (κ2) is 7.00. The van der Waals surface area contributed by atoms with Crippen molar-refractivity contribution in [1.29, 1.82) is 0 Å². The quantitative estimate of drug-likeness (QED) is 0.819. The minimum atomic E-state index is -4.67. The largest absolute Gasteiger partial charge is 0.417 e. The maximum absolute atomic E-state index is 12.8. The topological polar surface area (TPSA) is 52.6 Å². The number of piperidine rings is 1. The first-order chi connectivity index (χ1) is 10.8. The fourth-order valence-corrected chi connectivity index (χ4v) is 3.17. The van der Waals surface area contributed by atoms with Gasteiger partial charge in [-0.05, 0) is 17.9 Å². The van der Waals surface area contributed by atoms with Crippen LogP contribution in [0.1, 0.15) is 19.8 Å². The lowest BCUT2D eigenvalue weighted by Crippen LogP contribution is -2.55. The van der Waals surface area contributed by atoms with Gasteiger partial charge in [-0.15, -0.1) is 11.8 Å². The number of rotatable bonds is 3. The Kier molecular flexibility index (Phi) is 5.46. The van der Waals surface area contributed by atoms with E-state index in [-0.39, 0.29) is 13.1 Å². The van der Waals surface area contributed by atoms with Crippen molar-refractivity contribution in [3.8, 4) is 0 Å². The molecule has 1 aliphatic heterocycles. The summed E-state index contributed by atoms with van der Waals surface area (Å²) in [6.45, 7) is 1.72. The Balaban J connectivity index is 1.99. The molecule has 0 aliphatic carbocycles. The van der Waals surface area contributed by atoms with Crippen LogP contribution in [0.2, 0.25) is 0 Å². The molecule has 8 heteroatoms. The van der Waals surface area contributed by atoms with Crippen molar-refractivity contribution in [2.24, 2.45) is 0 Å². The number of urea groups is 1. The van der Waals surface area contributed by atoms with Crippen molar-refractivity contribution in [1.82, 2.24) is 4.90 Å². The number of anilines is 1. The summed E-state index contributed by atoms with van der Waals surface area (Å²) in [6, 6.07) is 6.83. The van der Waals surface area contributed by atoms with Crippen LogP contribution in [0.4, 0.5) is 23.7 Å². The Morgan fingerprint density at radius 3 is 2.52 bits per heavy atom. The number of para-hydroxylation sites is 1. The molecule has 0 atom stereocenters. The van der Waals surface area contributed by atoms with E-state index in [4.69, 9.17) is 0 Å². The van der Waals surface area contributed by atoms with Crippen LogP contribution in [-0.2, 0) is 0 Å². The highest BCUT2D eigenvalue weighted by atomic mass is 32.2. The summed E-state index contributed by atoms with van der Waals surface area (Å²) in [6.07, 6.45) is -5.68. The van der Waals surface area contributed by atoms with E-state index < -0.39 is 30.7 Å². The molecule has 2 rings (SSSR count). The average Bonchev–Trinajstić information content (AvgIpc) is 2.49. The van der Waals surface area contributed by atoms with E-state index in [9.17, 15) is 23.1 Å². The maximum atomic E-state index is 12.8. The number of aliphatic hydroxyl groups is 1. The fourth-order valence-electron chi connectivity index (χ4n) is 2.41. The molecule has 23 heavy (non-hydrogen) atoms. The van der Waals surface area contributed by atoms with Crippen LogP contribution < -0.4 is 5.32 Å². The monoisotopic (exact) mass is 348 g/mol. The minimum absolute atomic E-state index is 0.134. The van der Waals surface area contributed by atoms with Gasteiger partial charge in [0.15, 0.2) is 5.60 Å². The molecule has 0 spiro atoms. The number of nitrogens with one attached hydrogen (secondary N) is 1. The summed E-state index contributed by atoms with van der Waals surface area (Å²) in [5.41, 5.74) is -2.05. The summed E-state index contributed by atoms with van der Waals surface area (Å²) in [5, 5.41) is 12.4. The highest BCUT2D eigenvalue weighted by molar-refractivity contribution is 7.99. The normalized spacial score (nSPS) is 17.9. The number of amides is 2. The van der Waals surface area contributed by atoms with E-state index in [1.54, 1.807) is 23.9 Å². The zero-order chi connectivity index (χ0) is 17.1. The van der Waals surface area contributed by atoms with Crippen LogP contribution in [0.5, 0.6) is 0 Å². The van der Waals surface area contributed by atoms with Crippen LogP contribution in [0.15, 0.2) is 29.2 Å². The third-order valence-electron chi connectivity index (χ3n) is 3.83. The van der Waals surface area contributed by atoms with Crippen molar-refractivity contribution in [2.75, 3.05) is 24.2 Å². The first-order valence-electron chi connectivity index (χ1n) is 7.34. The molecular formula is C15H19F3N2O2S. The first-order valence-corrected chi connectivity index (χ1v) is 8.32. The summed E-state index contributed by atoms with van der Waals surface area (Å²) in [4.78, 5) is 14.4. The SMILES string of the molecule is CCSc1ccccc1NC(=O)N1CCC(O)(C(F)(F)F)CC1. The molecular weight excluding hydrogens is 329 g/mol. The Morgan fingerprint density at radius 2 is 1.96 bits per heavy atom. The van der Waals surface area contributed by atoms with Gasteiger partial charge >= 0.3 is 12.2 Å². The predicted octanol–water partition coefficient (Wildman–Crippen LogP) is 3.72. The number of thioether (sulfide) groups is 1. The summed E-state index contributed by atoms with van der Waals surface area (Å²) < 4.78 is 38.3. The van der Waals surface area contributed by atoms with Gasteiger partial charge in [0.2, 0.25) is 0 Å². The molecule has 1 heterocycles. The number of carbonyl (C=O) groups excluding carboxylic acids is 1. The lowest BCUT2D eigenvalue weighted by Gasteiger charge is -2.39. The van der Waals surface area contributed by atoms with E-state index in [0.29, 0.717) is 5.69 Å². The molecule has 0 aromatic heterocycles. The number of carbonyl (C=O) groups is 1. The lowest BCUT2D eigenvalue weighted by molar-refractivity contribution is -0.271. The highest BCUT2D eigenvalue weighted by Gasteiger charge is 2.54. The molecule has 0 unspecified atom stereocenters. The minimum Gasteiger partial charge on any atom is -0.380 e. The standard InChI is InChI=1S/C15H19F3N2O2S/c1-2-23-12-6-4-3-5-11(12)19-13(21)20-9-7-14(22,8-10-20)15(16,17)18/h3-6,22H,2,7-10H2,1H3,(H,19,21). The van der Waals surface area contributed by atoms with E-state index in [0.717, 1.165) is 10.6 Å². The zero-order valence-corrected chi connectivity index (χ0v) is 13.5. The number of hydrogen-bond donors (Lipinski definition) is 2. The molecule has 0 bridgehead atoms. The third-order valence-corrected chi connectivity index (χ3v) is 4.79. The summed E-state index contributed by atoms with van der Waals surface area (Å²) in [7, 11) is 0. The van der Waals surface area contributed by atoms with Gasteiger partial charge in [-0.2, -0.15) is 13.2 Å². The van der Waals surface area contributed by atoms with E-state index in [1.807, 2.05) is 19.1 Å². The van der Waals surface area contributed by atoms with Crippen LogP contribution in [0, 0.1) is 0 Å². The van der Waals surface area contributed by atoms with E-state index >= 15 is 0 Å². The first kappa shape index (κ1) is 17.9. The summed E-state index contributed by atoms with van der Waals surface area (Å²) in [5.74, 6) is 0.842. The molecule has 1 saturated heterocycles. The average molecular weight is 348 g/mol. The van der Waals surface area contributed by atoms with Crippen LogP contribution in [0.25, 0.3) is 0 Å². The molecule has 1 aromatic rings. The van der Waals surface area contributed by atoms with E-state index in [2.05, 4.69) is 5.32 Å². The Morgan fingerprint density at radius 1 is 1.35 bits per heavy atom. The van der Waals surface area contributed by atoms with Crippen LogP contribution in [-0.4, -0.2) is 46.7 Å². The molecule has 1 aromatic carbocycles. The molecule has 0 saturated carbocycles. The van der Waals surface area contributed by atoms with Gasteiger partial charge in [0.25, 0.3) is 0 Å². The second-order valence-electron chi connectivity index (χ2n) is 5.38. The van der Waals surface area contributed by atoms with Crippen molar-refractivity contribution in [3.63, 3.8) is 0 Å². The Bertz CT molecular complexity index is 558. The number of halogens is 3. The van der Waals surface area contributed by atoms with Crippen molar-refractivity contribution in [2.45, 2.75) is 36.4 Å². The molecule has 2 N–H and O–H groups in total. The number of nitrogens with zero attached hydrogens (tertiary/aromatic N) is 1. The molecule has 1 aliphatic rings. The Labute approximate surface area is 137 Å². The second-order valence-corrected chi connectivity index (χ2v) is 6.68. The lowest BCUT2D eigenvalue weighted by atomic mass is 9.91. The third kappa shape index (κ3) is 4.11. The molecule has 128 valence electrons. The van der Waals surface area contributed by atoms with Gasteiger partial charge in [0, 0.05) is 30.8 Å². The Hall–Kier alpha value is -1.41. The van der Waals surface area contributed by atoms with Gasteiger partial charge in [0.1, 0.15) is 0 Å². The van der Waals surface area contributed by atoms with Gasteiger partial charge in [0.05, 0.1) is 5.69 Å². The van der Waals surface area contributed by atoms with Gasteiger partial charge in [-0.1, -0.05) is 19.1 Å². The van der Waals surface area contributed by atoms with Gasteiger partial charge in [-0.25, -0.2) is 4.79 Å². The van der Waals surface area contributed by atoms with E-state index in [1.165, 1.54) is 4.90 Å². The number of benzene rings is 1. The summed E-state index contributed by atoms with van der Waals surface area (Å²) >= 11 is 1.57. The smallest absolute Gasteiger partial charge is 0.380 e. The maximum Gasteiger partial charge on any atom is 0.417 e. The van der Waals surface area contributed by atoms with Crippen molar-refractivity contribution >= 4 is 23.5 Å². The molecule has 2 amide bonds. The number of likely N-dealkylation sites (tertiary alicyclic amines) is 1. The molecule has 1 fully saturated rings. The predicted molar refractivity (Wildman–Crippen MR) is 83.7 cm³/mol. The zero-order valence-electron chi connectivity index (χ0n) is 12.7. The van der Waals surface area contributed by atoms with Crippen LogP contribution >= 0.6 is 11.8 Å². The van der Waals surface area contributed by atoms with Crippen LogP contribution in [0.3, 0.4) is 0 Å². The number of alkyl halides is 3. The molecule has 4 nitrogen and oxygen atoms in total. The van der Waals surface area contributed by atoms with Crippen molar-refractivity contribution in [3.05, 3.63) is 24.3 Å². The molecule has 0 radical (unpaired) electrons. The highest BCUT2D eigenvalue weighted by Crippen LogP contribution is 2.38. The van der Waals surface area contributed by atoms with Gasteiger partial charge in [-0.3, -0.25) is 0 Å².